The molecule has 4 heteroatoms. The predicted octanol–water partition coefficient (Wildman–Crippen LogP) is 3.45. The van der Waals surface area contributed by atoms with Crippen LogP contribution in [0.25, 0.3) is 0 Å². The number of hydrogen-bond acceptors (Lipinski definition) is 2. The van der Waals surface area contributed by atoms with Crippen molar-refractivity contribution in [2.75, 3.05) is 5.32 Å². The fraction of sp³-hybridized carbons (Fsp3) is 0.368. The average molecular weight is 312 g/mol. The summed E-state index contributed by atoms with van der Waals surface area (Å²) in [6.07, 6.45) is 2.24. The second-order valence-electron chi connectivity index (χ2n) is 5.85. The van der Waals surface area contributed by atoms with E-state index in [1.807, 2.05) is 44.2 Å². The van der Waals surface area contributed by atoms with Crippen LogP contribution in [-0.2, 0) is 17.8 Å². The maximum absolute atomic E-state index is 12.6. The van der Waals surface area contributed by atoms with Crippen molar-refractivity contribution >= 4 is 11.6 Å². The lowest BCUT2D eigenvalue weighted by Gasteiger charge is -2.15. The zero-order chi connectivity index (χ0) is 16.8. The Kier molecular flexibility index (Phi) is 5.74. The van der Waals surface area contributed by atoms with Crippen LogP contribution in [0.2, 0.25) is 0 Å². The fourth-order valence-electron chi connectivity index (χ4n) is 2.54. The molecule has 23 heavy (non-hydrogen) atoms. The minimum Gasteiger partial charge on any atom is -0.321 e. The number of unbranched alkanes of at least 4 members (excludes halogenated alkanes) is 1. The summed E-state index contributed by atoms with van der Waals surface area (Å²) in [7, 11) is 0. The standard InChI is InChI=1S/C19H24N2O2/c1-4-5-11-21-15(3)14(2)12-17(19(21)23)20-18(22)13-16-9-7-6-8-10-16/h6-10,12H,4-5,11,13H2,1-3H3,(H,20,22). The van der Waals surface area contributed by atoms with E-state index in [4.69, 9.17) is 0 Å². The van der Waals surface area contributed by atoms with E-state index in [0.29, 0.717) is 12.2 Å². The van der Waals surface area contributed by atoms with Crippen LogP contribution in [0, 0.1) is 13.8 Å². The lowest BCUT2D eigenvalue weighted by molar-refractivity contribution is -0.115. The second kappa shape index (κ2) is 7.77. The van der Waals surface area contributed by atoms with E-state index in [2.05, 4.69) is 12.2 Å². The van der Waals surface area contributed by atoms with Gasteiger partial charge in [-0.05, 0) is 37.5 Å². The summed E-state index contributed by atoms with van der Waals surface area (Å²) in [5, 5.41) is 2.77. The summed E-state index contributed by atoms with van der Waals surface area (Å²) in [6.45, 7) is 6.69. The van der Waals surface area contributed by atoms with Crippen LogP contribution in [-0.4, -0.2) is 10.5 Å². The smallest absolute Gasteiger partial charge is 0.274 e. The molecule has 1 heterocycles. The Morgan fingerprint density at radius 1 is 1.17 bits per heavy atom. The summed E-state index contributed by atoms with van der Waals surface area (Å²) in [4.78, 5) is 24.8. The molecule has 0 aliphatic carbocycles. The molecule has 0 saturated heterocycles. The molecule has 2 rings (SSSR count). The average Bonchev–Trinajstić information content (AvgIpc) is 2.53. The van der Waals surface area contributed by atoms with E-state index in [-0.39, 0.29) is 17.9 Å². The number of nitrogens with one attached hydrogen (secondary N) is 1. The van der Waals surface area contributed by atoms with Gasteiger partial charge < -0.3 is 9.88 Å². The van der Waals surface area contributed by atoms with E-state index in [0.717, 1.165) is 29.7 Å². The Morgan fingerprint density at radius 2 is 1.87 bits per heavy atom. The minimum absolute atomic E-state index is 0.122. The van der Waals surface area contributed by atoms with Crippen LogP contribution < -0.4 is 10.9 Å². The molecule has 0 aliphatic heterocycles. The molecule has 0 bridgehead atoms. The number of anilines is 1. The van der Waals surface area contributed by atoms with Gasteiger partial charge in [0.15, 0.2) is 0 Å². The molecule has 0 aliphatic rings. The molecule has 1 N–H and O–H groups in total. The maximum atomic E-state index is 12.6. The lowest BCUT2D eigenvalue weighted by Crippen LogP contribution is -2.28. The molecule has 0 saturated carbocycles. The summed E-state index contributed by atoms with van der Waals surface area (Å²) in [6, 6.07) is 11.3. The van der Waals surface area contributed by atoms with Crippen LogP contribution >= 0.6 is 0 Å². The van der Waals surface area contributed by atoms with E-state index in [1.54, 1.807) is 10.6 Å². The van der Waals surface area contributed by atoms with Crippen LogP contribution in [0.5, 0.6) is 0 Å². The van der Waals surface area contributed by atoms with Crippen molar-refractivity contribution in [1.82, 2.24) is 4.57 Å². The van der Waals surface area contributed by atoms with Crippen molar-refractivity contribution in [2.45, 2.75) is 46.6 Å². The highest BCUT2D eigenvalue weighted by atomic mass is 16.2. The van der Waals surface area contributed by atoms with Crippen molar-refractivity contribution in [1.29, 1.82) is 0 Å². The van der Waals surface area contributed by atoms with Gasteiger partial charge in [0.2, 0.25) is 5.91 Å². The van der Waals surface area contributed by atoms with E-state index in [9.17, 15) is 9.59 Å². The molecule has 122 valence electrons. The number of nitrogens with zero attached hydrogens (tertiary/aromatic N) is 1. The van der Waals surface area contributed by atoms with Crippen LogP contribution in [0.1, 0.15) is 36.6 Å². The van der Waals surface area contributed by atoms with E-state index < -0.39 is 0 Å². The molecule has 4 nitrogen and oxygen atoms in total. The van der Waals surface area contributed by atoms with Gasteiger partial charge >= 0.3 is 0 Å². The van der Waals surface area contributed by atoms with Gasteiger partial charge in [0, 0.05) is 12.2 Å². The Labute approximate surface area is 137 Å². The monoisotopic (exact) mass is 312 g/mol. The number of hydrogen-bond donors (Lipinski definition) is 1. The number of aryl methyl sites for hydroxylation is 1. The highest BCUT2D eigenvalue weighted by Crippen LogP contribution is 2.12. The van der Waals surface area contributed by atoms with Gasteiger partial charge in [-0.25, -0.2) is 0 Å². The molecule has 0 fully saturated rings. The predicted molar refractivity (Wildman–Crippen MR) is 93.9 cm³/mol. The van der Waals surface area contributed by atoms with E-state index in [1.165, 1.54) is 0 Å². The minimum atomic E-state index is -0.168. The third kappa shape index (κ3) is 4.31. The van der Waals surface area contributed by atoms with Crippen LogP contribution in [0.15, 0.2) is 41.2 Å². The summed E-state index contributed by atoms with van der Waals surface area (Å²) in [5.41, 5.74) is 3.15. The molecule has 1 aromatic carbocycles. The Morgan fingerprint density at radius 3 is 2.52 bits per heavy atom. The van der Waals surface area contributed by atoms with Gasteiger partial charge in [-0.1, -0.05) is 43.7 Å². The third-order valence-corrected chi connectivity index (χ3v) is 4.03. The number of rotatable bonds is 6. The van der Waals surface area contributed by atoms with E-state index >= 15 is 0 Å². The van der Waals surface area contributed by atoms with Gasteiger partial charge in [-0.15, -0.1) is 0 Å². The van der Waals surface area contributed by atoms with Crippen molar-refractivity contribution < 1.29 is 4.79 Å². The second-order valence-corrected chi connectivity index (χ2v) is 5.85. The number of pyridine rings is 1. The van der Waals surface area contributed by atoms with Crippen molar-refractivity contribution in [3.05, 3.63) is 63.6 Å². The molecule has 1 amide bonds. The molecule has 0 radical (unpaired) electrons. The first kappa shape index (κ1) is 17.0. The topological polar surface area (TPSA) is 51.1 Å². The summed E-state index contributed by atoms with van der Waals surface area (Å²) < 4.78 is 1.76. The zero-order valence-electron chi connectivity index (χ0n) is 14.1. The van der Waals surface area contributed by atoms with Gasteiger partial charge in [0.05, 0.1) is 6.42 Å². The number of aromatic nitrogens is 1. The van der Waals surface area contributed by atoms with Crippen LogP contribution in [0.3, 0.4) is 0 Å². The highest BCUT2D eigenvalue weighted by Gasteiger charge is 2.12. The molecular formula is C19H24N2O2. The third-order valence-electron chi connectivity index (χ3n) is 4.03. The van der Waals surface area contributed by atoms with Gasteiger partial charge in [0.25, 0.3) is 5.56 Å². The van der Waals surface area contributed by atoms with Crippen LogP contribution in [0.4, 0.5) is 5.69 Å². The Hall–Kier alpha value is -2.36. The lowest BCUT2D eigenvalue weighted by atomic mass is 10.1. The van der Waals surface area contributed by atoms with Gasteiger partial charge in [-0.2, -0.15) is 0 Å². The van der Waals surface area contributed by atoms with Crippen molar-refractivity contribution in [3.63, 3.8) is 0 Å². The number of carbonyl (C=O) groups excluding carboxylic acids is 1. The Bertz CT molecular complexity index is 733. The Balaban J connectivity index is 2.21. The summed E-state index contributed by atoms with van der Waals surface area (Å²) >= 11 is 0. The first-order valence-corrected chi connectivity index (χ1v) is 8.07. The molecule has 0 spiro atoms. The number of carbonyl (C=O) groups is 1. The maximum Gasteiger partial charge on any atom is 0.274 e. The molecule has 2 aromatic rings. The SMILES string of the molecule is CCCCn1c(C)c(C)cc(NC(=O)Cc2ccccc2)c1=O. The highest BCUT2D eigenvalue weighted by molar-refractivity contribution is 5.92. The zero-order valence-corrected chi connectivity index (χ0v) is 14.1. The first-order valence-electron chi connectivity index (χ1n) is 8.07. The van der Waals surface area contributed by atoms with Crippen molar-refractivity contribution in [2.24, 2.45) is 0 Å². The van der Waals surface area contributed by atoms with Gasteiger partial charge in [-0.3, -0.25) is 9.59 Å². The molecule has 0 unspecified atom stereocenters. The molecule has 1 aromatic heterocycles. The quantitative estimate of drug-likeness (QED) is 0.888. The van der Waals surface area contributed by atoms with Crippen molar-refractivity contribution in [3.8, 4) is 0 Å². The van der Waals surface area contributed by atoms with Gasteiger partial charge in [0.1, 0.15) is 5.69 Å². The first-order chi connectivity index (χ1) is 11.0. The summed E-state index contributed by atoms with van der Waals surface area (Å²) in [5.74, 6) is -0.168. The molecular weight excluding hydrogens is 288 g/mol. The number of benzene rings is 1. The largest absolute Gasteiger partial charge is 0.321 e. The fourth-order valence-corrected chi connectivity index (χ4v) is 2.54. The normalized spacial score (nSPS) is 10.6. The number of amides is 1. The molecule has 0 atom stereocenters.